The van der Waals surface area contributed by atoms with Crippen LogP contribution in [0.4, 0.5) is 0 Å². The Morgan fingerprint density at radius 2 is 1.00 bits per heavy atom. The van der Waals surface area contributed by atoms with E-state index in [0.29, 0.717) is 0 Å². The van der Waals surface area contributed by atoms with Gasteiger partial charge in [0.15, 0.2) is 0 Å². The Hall–Kier alpha value is 2.18. The van der Waals surface area contributed by atoms with Gasteiger partial charge in [-0.1, -0.05) is 0 Å². The molecule has 0 aromatic heterocycles. The van der Waals surface area contributed by atoms with Gasteiger partial charge in [-0.15, -0.1) is 0 Å². The summed E-state index contributed by atoms with van der Waals surface area (Å²) in [7, 11) is 0. The van der Waals surface area contributed by atoms with Crippen LogP contribution >= 0.6 is 0 Å². The van der Waals surface area contributed by atoms with Crippen molar-refractivity contribution in [3.05, 3.63) is 0 Å². The quantitative estimate of drug-likeness (QED) is 0.527. The molecule has 0 rings (SSSR count). The SMILES string of the molecule is [Cu].[Fe].[Ir].[Ni]. The number of rotatable bonds is 0. The maximum absolute atomic E-state index is 0. The van der Waals surface area contributed by atoms with Gasteiger partial charge in [-0.2, -0.15) is 0 Å². The second kappa shape index (κ2) is 19.0. The fourth-order valence-corrected chi connectivity index (χ4v) is 0. The number of hydrogen-bond donors (Lipinski definition) is 0. The predicted molar refractivity (Wildman–Crippen MR) is 0 cm³/mol. The molecule has 0 spiro atoms. The zero-order valence-electron chi connectivity index (χ0n) is 1.30. The molecule has 0 nitrogen and oxygen atoms in total. The summed E-state index contributed by atoms with van der Waals surface area (Å²) < 4.78 is 0. The first-order valence-electron chi connectivity index (χ1n) is 0. The molecule has 38 valence electrons. The molecule has 0 atom stereocenters. The van der Waals surface area contributed by atoms with Crippen LogP contribution in [0.15, 0.2) is 0 Å². The van der Waals surface area contributed by atoms with Gasteiger partial charge in [0.05, 0.1) is 0 Å². The minimum Gasteiger partial charge on any atom is 0 e. The first-order valence-corrected chi connectivity index (χ1v) is 0. The van der Waals surface area contributed by atoms with Crippen LogP contribution in [-0.4, -0.2) is 0 Å². The standard InChI is InChI=1S/Cu.Fe.Ir.Ni. The van der Waals surface area contributed by atoms with Crippen LogP contribution < -0.4 is 0 Å². The molecular formula is CuFeIrNi. The van der Waals surface area contributed by atoms with Crippen molar-refractivity contribution < 1.29 is 70.7 Å². The van der Waals surface area contributed by atoms with Gasteiger partial charge in [-0.3, -0.25) is 0 Å². The first kappa shape index (κ1) is 34.9. The molecule has 0 aromatic carbocycles. The molecule has 0 fully saturated rings. The van der Waals surface area contributed by atoms with Crippen molar-refractivity contribution in [1.82, 2.24) is 0 Å². The molecule has 0 amide bonds. The molecule has 0 aliphatic rings. The molecule has 0 saturated carbocycles. The van der Waals surface area contributed by atoms with Crippen molar-refractivity contribution in [2.24, 2.45) is 0 Å². The Labute approximate surface area is 70.1 Å². The largest absolute Gasteiger partial charge is 0 e. The van der Waals surface area contributed by atoms with E-state index in [0.717, 1.165) is 0 Å². The van der Waals surface area contributed by atoms with E-state index in [1.54, 1.807) is 0 Å². The van der Waals surface area contributed by atoms with Crippen molar-refractivity contribution in [2.45, 2.75) is 0 Å². The van der Waals surface area contributed by atoms with Crippen LogP contribution in [0.5, 0.6) is 0 Å². The maximum Gasteiger partial charge on any atom is 0 e. The molecule has 0 saturated heterocycles. The third kappa shape index (κ3) is 8.89. The fraction of sp³-hybridized carbons (Fsp3) is 0. The van der Waals surface area contributed by atoms with Gasteiger partial charge in [0.25, 0.3) is 0 Å². The van der Waals surface area contributed by atoms with Crippen molar-refractivity contribution in [1.29, 1.82) is 0 Å². The molecular weight excluding hydrogens is 370 g/mol. The molecule has 0 N–H and O–H groups in total. The van der Waals surface area contributed by atoms with Gasteiger partial charge in [-0.05, 0) is 0 Å². The average Bonchev–Trinajstić information content (AvgIpc) is 0. The molecule has 0 aromatic rings. The number of hydrogen-bond acceptors (Lipinski definition) is 0. The summed E-state index contributed by atoms with van der Waals surface area (Å²) in [6.45, 7) is 0. The third-order valence-electron chi connectivity index (χ3n) is 0. The second-order valence-corrected chi connectivity index (χ2v) is 0. The summed E-state index contributed by atoms with van der Waals surface area (Å²) >= 11 is 0. The van der Waals surface area contributed by atoms with Gasteiger partial charge < -0.3 is 0 Å². The van der Waals surface area contributed by atoms with Crippen molar-refractivity contribution in [3.8, 4) is 0 Å². The van der Waals surface area contributed by atoms with E-state index < -0.39 is 0 Å². The van der Waals surface area contributed by atoms with Crippen molar-refractivity contribution in [2.75, 3.05) is 0 Å². The summed E-state index contributed by atoms with van der Waals surface area (Å²) in [6, 6.07) is 0. The van der Waals surface area contributed by atoms with E-state index in [2.05, 4.69) is 0 Å². The molecule has 4 heavy (non-hydrogen) atoms. The normalized spacial score (nSPS) is 0. The average molecular weight is 370 g/mol. The Balaban J connectivity index is 0. The molecule has 0 bridgehead atoms. The van der Waals surface area contributed by atoms with Gasteiger partial charge in [0.2, 0.25) is 0 Å². The van der Waals surface area contributed by atoms with Crippen LogP contribution in [0.3, 0.4) is 0 Å². The van der Waals surface area contributed by atoms with E-state index in [1.165, 1.54) is 0 Å². The monoisotopic (exact) mass is 370 g/mol. The van der Waals surface area contributed by atoms with Crippen LogP contribution in [0.25, 0.3) is 0 Å². The minimum absolute atomic E-state index is 0. The van der Waals surface area contributed by atoms with E-state index in [1.807, 2.05) is 0 Å². The molecule has 0 unspecified atom stereocenters. The van der Waals surface area contributed by atoms with Crippen LogP contribution in [0.2, 0.25) is 0 Å². The summed E-state index contributed by atoms with van der Waals surface area (Å²) in [5.74, 6) is 0. The Bertz CT molecular complexity index is 8.00. The predicted octanol–water partition coefficient (Wildman–Crippen LogP) is -0.0100. The van der Waals surface area contributed by atoms with Crippen LogP contribution in [0.1, 0.15) is 0 Å². The van der Waals surface area contributed by atoms with E-state index in [9.17, 15) is 0 Å². The van der Waals surface area contributed by atoms with Crippen LogP contribution in [0, 0.1) is 0 Å². The topological polar surface area (TPSA) is 0 Å². The zero-order valence-corrected chi connectivity index (χ0v) is 6.73. The summed E-state index contributed by atoms with van der Waals surface area (Å²) in [4.78, 5) is 0. The summed E-state index contributed by atoms with van der Waals surface area (Å²) in [5.41, 5.74) is 0. The molecule has 0 heterocycles. The van der Waals surface area contributed by atoms with Gasteiger partial charge >= 0.3 is 0 Å². The van der Waals surface area contributed by atoms with E-state index >= 15 is 0 Å². The van der Waals surface area contributed by atoms with Gasteiger partial charge in [0.1, 0.15) is 0 Å². The molecule has 0 aliphatic heterocycles. The fourth-order valence-electron chi connectivity index (χ4n) is 0. The Kier molecular flexibility index (Phi) is 166. The van der Waals surface area contributed by atoms with Crippen molar-refractivity contribution in [3.63, 3.8) is 0 Å². The Morgan fingerprint density at radius 3 is 1.00 bits per heavy atom. The van der Waals surface area contributed by atoms with Gasteiger partial charge in [-0.25, -0.2) is 0 Å². The summed E-state index contributed by atoms with van der Waals surface area (Å²) in [5, 5.41) is 0. The van der Waals surface area contributed by atoms with E-state index in [-0.39, 0.29) is 70.7 Å². The van der Waals surface area contributed by atoms with Gasteiger partial charge in [0, 0.05) is 70.7 Å². The molecule has 4 heteroatoms. The zero-order chi connectivity index (χ0) is 0. The van der Waals surface area contributed by atoms with Crippen LogP contribution in [-0.2, 0) is 70.7 Å². The smallest absolute Gasteiger partial charge is 0 e. The third-order valence-corrected chi connectivity index (χ3v) is 0. The first-order chi connectivity index (χ1) is 0. The second-order valence-electron chi connectivity index (χ2n) is 0. The van der Waals surface area contributed by atoms with E-state index in [4.69, 9.17) is 0 Å². The minimum atomic E-state index is 0. The molecule has 0 aliphatic carbocycles. The summed E-state index contributed by atoms with van der Waals surface area (Å²) in [6.07, 6.45) is 0. The van der Waals surface area contributed by atoms with Crippen molar-refractivity contribution >= 4 is 0 Å². The molecule has 2 radical (unpaired) electrons. The maximum atomic E-state index is 0. The Morgan fingerprint density at radius 1 is 1.00 bits per heavy atom.